The average molecular weight is 534 g/mol. The molecule has 0 aliphatic heterocycles. The Morgan fingerprint density at radius 1 is 0.917 bits per heavy atom. The molecule has 3 aromatic heterocycles. The SMILES string of the molecule is O=C(N/N=C/c1cn(-c2ccccc2)nc1-c1cccs1)c1ccc(NS(=O)(=O)c2cccs2)cc1. The van der Waals surface area contributed by atoms with E-state index in [2.05, 4.69) is 15.2 Å². The lowest BCUT2D eigenvalue weighted by Crippen LogP contribution is -2.17. The van der Waals surface area contributed by atoms with E-state index in [1.54, 1.807) is 33.7 Å². The van der Waals surface area contributed by atoms with Crippen LogP contribution in [0.15, 0.2) is 105 Å². The molecule has 5 rings (SSSR count). The monoisotopic (exact) mass is 533 g/mol. The van der Waals surface area contributed by atoms with Crippen molar-refractivity contribution in [2.45, 2.75) is 4.21 Å². The highest BCUT2D eigenvalue weighted by Crippen LogP contribution is 2.27. The molecule has 0 aliphatic rings. The highest BCUT2D eigenvalue weighted by atomic mass is 32.2. The number of hydrazone groups is 1. The molecule has 8 nitrogen and oxygen atoms in total. The van der Waals surface area contributed by atoms with Gasteiger partial charge in [-0.15, -0.1) is 22.7 Å². The number of thiophene rings is 2. The molecule has 0 spiro atoms. The third-order valence-electron chi connectivity index (χ3n) is 5.05. The van der Waals surface area contributed by atoms with E-state index >= 15 is 0 Å². The van der Waals surface area contributed by atoms with Crippen LogP contribution in [0, 0.1) is 0 Å². The van der Waals surface area contributed by atoms with E-state index in [-0.39, 0.29) is 4.21 Å². The van der Waals surface area contributed by atoms with Crippen LogP contribution in [0.3, 0.4) is 0 Å². The smallest absolute Gasteiger partial charge is 0.271 e. The lowest BCUT2D eigenvalue weighted by molar-refractivity contribution is 0.0955. The van der Waals surface area contributed by atoms with Crippen LogP contribution in [0.4, 0.5) is 5.69 Å². The quantitative estimate of drug-likeness (QED) is 0.211. The number of amides is 1. The van der Waals surface area contributed by atoms with E-state index < -0.39 is 15.9 Å². The number of benzene rings is 2. The predicted molar refractivity (Wildman–Crippen MR) is 144 cm³/mol. The van der Waals surface area contributed by atoms with Crippen LogP contribution in [0.1, 0.15) is 15.9 Å². The second-order valence-electron chi connectivity index (χ2n) is 7.50. The van der Waals surface area contributed by atoms with Crippen molar-refractivity contribution in [3.05, 3.63) is 107 Å². The van der Waals surface area contributed by atoms with Gasteiger partial charge in [-0.2, -0.15) is 10.2 Å². The summed E-state index contributed by atoms with van der Waals surface area (Å²) in [6.45, 7) is 0. The summed E-state index contributed by atoms with van der Waals surface area (Å²) in [5, 5.41) is 12.5. The third kappa shape index (κ3) is 5.28. The van der Waals surface area contributed by atoms with Gasteiger partial charge in [0, 0.05) is 23.0 Å². The summed E-state index contributed by atoms with van der Waals surface area (Å²) in [6.07, 6.45) is 3.41. The summed E-state index contributed by atoms with van der Waals surface area (Å²) in [4.78, 5) is 13.6. The fourth-order valence-corrected chi connectivity index (χ4v) is 6.12. The van der Waals surface area contributed by atoms with Gasteiger partial charge in [0.15, 0.2) is 0 Å². The first-order chi connectivity index (χ1) is 17.5. The molecule has 0 saturated heterocycles. The van der Waals surface area contributed by atoms with Crippen molar-refractivity contribution in [3.8, 4) is 16.3 Å². The van der Waals surface area contributed by atoms with Gasteiger partial charge in [-0.3, -0.25) is 9.52 Å². The molecule has 5 aromatic rings. The number of nitrogens with zero attached hydrogens (tertiary/aromatic N) is 3. The zero-order valence-corrected chi connectivity index (χ0v) is 21.1. The van der Waals surface area contributed by atoms with E-state index in [9.17, 15) is 13.2 Å². The van der Waals surface area contributed by atoms with Crippen LogP contribution in [-0.4, -0.2) is 30.3 Å². The van der Waals surface area contributed by atoms with Gasteiger partial charge in [-0.05, 0) is 59.3 Å². The van der Waals surface area contributed by atoms with E-state index in [0.29, 0.717) is 11.3 Å². The molecule has 0 fully saturated rings. The molecule has 2 aromatic carbocycles. The van der Waals surface area contributed by atoms with Crippen molar-refractivity contribution < 1.29 is 13.2 Å². The molecule has 0 radical (unpaired) electrons. The van der Waals surface area contributed by atoms with Crippen molar-refractivity contribution in [2.75, 3.05) is 4.72 Å². The molecular weight excluding hydrogens is 515 g/mol. The number of nitrogens with one attached hydrogen (secondary N) is 2. The summed E-state index contributed by atoms with van der Waals surface area (Å²) >= 11 is 2.70. The molecule has 0 saturated carbocycles. The Kier molecular flexibility index (Phi) is 6.76. The Bertz CT molecular complexity index is 1590. The number of hydrogen-bond acceptors (Lipinski definition) is 7. The Morgan fingerprint density at radius 2 is 1.67 bits per heavy atom. The van der Waals surface area contributed by atoms with Crippen molar-refractivity contribution in [3.63, 3.8) is 0 Å². The fourth-order valence-electron chi connectivity index (χ4n) is 3.34. The van der Waals surface area contributed by atoms with E-state index in [1.165, 1.54) is 30.3 Å². The molecule has 180 valence electrons. The number of sulfonamides is 1. The Hall–Kier alpha value is -4.06. The maximum absolute atomic E-state index is 12.6. The fraction of sp³-hybridized carbons (Fsp3) is 0. The van der Waals surface area contributed by atoms with Gasteiger partial charge in [-0.25, -0.2) is 18.5 Å². The largest absolute Gasteiger partial charge is 0.279 e. The van der Waals surface area contributed by atoms with Crippen LogP contribution in [0.5, 0.6) is 0 Å². The van der Waals surface area contributed by atoms with Crippen molar-refractivity contribution in [1.82, 2.24) is 15.2 Å². The maximum atomic E-state index is 12.6. The zero-order chi connectivity index (χ0) is 25.0. The molecule has 3 heterocycles. The first kappa shape index (κ1) is 23.7. The summed E-state index contributed by atoms with van der Waals surface area (Å²) in [6, 6.07) is 23.0. The molecule has 0 unspecified atom stereocenters. The molecule has 11 heteroatoms. The second-order valence-corrected chi connectivity index (χ2v) is 11.3. The number of carbonyl (C=O) groups excluding carboxylic acids is 1. The number of hydrogen-bond donors (Lipinski definition) is 2. The van der Waals surface area contributed by atoms with Gasteiger partial charge in [0.25, 0.3) is 15.9 Å². The third-order valence-corrected chi connectivity index (χ3v) is 8.70. The Labute approximate surface area is 215 Å². The van der Waals surface area contributed by atoms with Gasteiger partial charge < -0.3 is 0 Å². The lowest BCUT2D eigenvalue weighted by Gasteiger charge is -2.07. The maximum Gasteiger partial charge on any atom is 0.271 e. The van der Waals surface area contributed by atoms with E-state index in [0.717, 1.165) is 33.2 Å². The lowest BCUT2D eigenvalue weighted by atomic mass is 10.2. The van der Waals surface area contributed by atoms with Crippen LogP contribution >= 0.6 is 22.7 Å². The minimum Gasteiger partial charge on any atom is -0.279 e. The van der Waals surface area contributed by atoms with Crippen molar-refractivity contribution >= 4 is 50.5 Å². The zero-order valence-electron chi connectivity index (χ0n) is 18.6. The first-order valence-electron chi connectivity index (χ1n) is 10.7. The van der Waals surface area contributed by atoms with Gasteiger partial charge in [-0.1, -0.05) is 30.3 Å². The van der Waals surface area contributed by atoms with Crippen LogP contribution in [0.25, 0.3) is 16.3 Å². The normalized spacial score (nSPS) is 11.6. The minimum absolute atomic E-state index is 0.219. The Balaban J connectivity index is 1.29. The highest BCUT2D eigenvalue weighted by Gasteiger charge is 2.16. The molecule has 0 bridgehead atoms. The van der Waals surface area contributed by atoms with Gasteiger partial charge in [0.2, 0.25) is 0 Å². The number of rotatable bonds is 8. The second kappa shape index (κ2) is 10.3. The minimum atomic E-state index is -3.65. The van der Waals surface area contributed by atoms with Crippen molar-refractivity contribution in [2.24, 2.45) is 5.10 Å². The number of para-hydroxylation sites is 1. The molecule has 0 atom stereocenters. The summed E-state index contributed by atoms with van der Waals surface area (Å²) in [7, 11) is -3.65. The molecule has 2 N–H and O–H groups in total. The van der Waals surface area contributed by atoms with Crippen LogP contribution in [-0.2, 0) is 10.0 Å². The summed E-state index contributed by atoms with van der Waals surface area (Å²) in [5.74, 6) is -0.424. The van der Waals surface area contributed by atoms with Crippen LogP contribution < -0.4 is 10.1 Å². The standard InChI is InChI=1S/C25H19N5O3S3/c31-25(18-10-12-20(13-11-18)29-36(32,33)23-9-5-15-35-23)27-26-16-19-17-30(21-6-2-1-3-7-21)28-24(19)22-8-4-14-34-22/h1-17,29H,(H,27,31)/b26-16+. The number of carbonyl (C=O) groups is 1. The first-order valence-corrected chi connectivity index (χ1v) is 13.9. The van der Waals surface area contributed by atoms with Gasteiger partial charge >= 0.3 is 0 Å². The summed E-state index contributed by atoms with van der Waals surface area (Å²) < 4.78 is 29.2. The average Bonchev–Trinajstić information content (AvgIpc) is 3.67. The molecular formula is C25H19N5O3S3. The Morgan fingerprint density at radius 3 is 2.36 bits per heavy atom. The number of aromatic nitrogens is 2. The van der Waals surface area contributed by atoms with E-state index in [4.69, 9.17) is 5.10 Å². The molecule has 0 aliphatic carbocycles. The topological polar surface area (TPSA) is 105 Å². The summed E-state index contributed by atoms with van der Waals surface area (Å²) in [5.41, 5.74) is 5.63. The number of anilines is 1. The van der Waals surface area contributed by atoms with Crippen LogP contribution in [0.2, 0.25) is 0 Å². The van der Waals surface area contributed by atoms with Gasteiger partial charge in [0.1, 0.15) is 9.90 Å². The highest BCUT2D eigenvalue weighted by molar-refractivity contribution is 7.94. The van der Waals surface area contributed by atoms with Gasteiger partial charge in [0.05, 0.1) is 16.8 Å². The molecule has 1 amide bonds. The molecule has 36 heavy (non-hydrogen) atoms. The van der Waals surface area contributed by atoms with Crippen molar-refractivity contribution in [1.29, 1.82) is 0 Å². The predicted octanol–water partition coefficient (Wildman–Crippen LogP) is 5.23. The van der Waals surface area contributed by atoms with E-state index in [1.807, 2.05) is 54.0 Å².